The van der Waals surface area contributed by atoms with Crippen molar-refractivity contribution in [3.8, 4) is 0 Å². The molecule has 1 saturated heterocycles. The lowest BCUT2D eigenvalue weighted by Gasteiger charge is -2.32. The smallest absolute Gasteiger partial charge is 0.399 e. The SMILES string of the molecule is CC1(C)OB(c2ccc(C3CC(CO)=NO3)cc2)OC1(C)C. The van der Waals surface area contributed by atoms with Gasteiger partial charge in [-0.3, -0.25) is 0 Å². The zero-order valence-corrected chi connectivity index (χ0v) is 13.5. The number of hydrogen-bond donors (Lipinski definition) is 1. The second kappa shape index (κ2) is 5.37. The highest BCUT2D eigenvalue weighted by Crippen LogP contribution is 2.36. The van der Waals surface area contributed by atoms with Crippen molar-refractivity contribution in [3.05, 3.63) is 29.8 Å². The molecule has 0 aliphatic carbocycles. The quantitative estimate of drug-likeness (QED) is 0.865. The lowest BCUT2D eigenvalue weighted by Crippen LogP contribution is -2.41. The van der Waals surface area contributed by atoms with Crippen LogP contribution in [0.25, 0.3) is 0 Å². The molecule has 2 aliphatic heterocycles. The molecule has 1 fully saturated rings. The van der Waals surface area contributed by atoms with Crippen LogP contribution in [0.4, 0.5) is 0 Å². The first-order chi connectivity index (χ1) is 10.3. The fourth-order valence-corrected chi connectivity index (χ4v) is 2.55. The normalized spacial score (nSPS) is 26.0. The van der Waals surface area contributed by atoms with E-state index in [1.54, 1.807) is 0 Å². The van der Waals surface area contributed by atoms with E-state index in [-0.39, 0.29) is 31.0 Å². The van der Waals surface area contributed by atoms with Gasteiger partial charge in [0.2, 0.25) is 0 Å². The van der Waals surface area contributed by atoms with Crippen LogP contribution in [0.2, 0.25) is 0 Å². The van der Waals surface area contributed by atoms with Gasteiger partial charge in [-0.15, -0.1) is 0 Å². The summed E-state index contributed by atoms with van der Waals surface area (Å²) >= 11 is 0. The van der Waals surface area contributed by atoms with Gasteiger partial charge in [-0.1, -0.05) is 29.4 Å². The van der Waals surface area contributed by atoms with Crippen molar-refractivity contribution in [2.24, 2.45) is 5.16 Å². The van der Waals surface area contributed by atoms with Gasteiger partial charge in [0.25, 0.3) is 0 Å². The van der Waals surface area contributed by atoms with Crippen LogP contribution < -0.4 is 5.46 Å². The summed E-state index contributed by atoms with van der Waals surface area (Å²) in [7, 11) is -0.354. The van der Waals surface area contributed by atoms with Crippen molar-refractivity contribution < 1.29 is 19.3 Å². The Balaban J connectivity index is 1.71. The number of rotatable bonds is 3. The van der Waals surface area contributed by atoms with E-state index in [4.69, 9.17) is 19.3 Å². The number of oxime groups is 1. The predicted octanol–water partition coefficient (Wildman–Crippen LogP) is 1.80. The summed E-state index contributed by atoms with van der Waals surface area (Å²) < 4.78 is 12.1. The van der Waals surface area contributed by atoms with E-state index in [1.807, 2.05) is 52.0 Å². The fraction of sp³-hybridized carbons (Fsp3) is 0.562. The number of aliphatic hydroxyl groups excluding tert-OH is 1. The van der Waals surface area contributed by atoms with Gasteiger partial charge in [-0.2, -0.15) is 0 Å². The van der Waals surface area contributed by atoms with Crippen LogP contribution in [0.5, 0.6) is 0 Å². The summed E-state index contributed by atoms with van der Waals surface area (Å²) in [5.41, 5.74) is 2.03. The third-order valence-electron chi connectivity index (χ3n) is 4.75. The van der Waals surface area contributed by atoms with Gasteiger partial charge < -0.3 is 19.3 Å². The van der Waals surface area contributed by atoms with Gasteiger partial charge in [0.15, 0.2) is 6.10 Å². The monoisotopic (exact) mass is 303 g/mol. The van der Waals surface area contributed by atoms with Gasteiger partial charge in [0.1, 0.15) is 0 Å². The van der Waals surface area contributed by atoms with Gasteiger partial charge in [-0.25, -0.2) is 0 Å². The highest BCUT2D eigenvalue weighted by Gasteiger charge is 2.51. The molecule has 1 atom stereocenters. The average molecular weight is 303 g/mol. The van der Waals surface area contributed by atoms with Crippen molar-refractivity contribution >= 4 is 18.3 Å². The van der Waals surface area contributed by atoms with Crippen LogP contribution >= 0.6 is 0 Å². The maximum Gasteiger partial charge on any atom is 0.494 e. The molecule has 1 aromatic rings. The van der Waals surface area contributed by atoms with E-state index in [2.05, 4.69) is 5.16 Å². The molecule has 0 saturated carbocycles. The molecule has 0 bridgehead atoms. The molecule has 22 heavy (non-hydrogen) atoms. The lowest BCUT2D eigenvalue weighted by atomic mass is 9.78. The molecule has 118 valence electrons. The van der Waals surface area contributed by atoms with Gasteiger partial charge in [0.05, 0.1) is 23.5 Å². The van der Waals surface area contributed by atoms with Gasteiger partial charge in [-0.05, 0) is 38.7 Å². The van der Waals surface area contributed by atoms with Crippen LogP contribution in [0, 0.1) is 0 Å². The standard InChI is InChI=1S/C16H22BNO4/c1-15(2)16(3,4)22-17(21-15)12-7-5-11(6-8-12)14-9-13(10-19)18-20-14/h5-8,14,19H,9-10H2,1-4H3. The minimum absolute atomic E-state index is 0.0531. The van der Waals surface area contributed by atoms with Crippen molar-refractivity contribution in [2.75, 3.05) is 6.61 Å². The summed E-state index contributed by atoms with van der Waals surface area (Å²) in [6.45, 7) is 8.12. The van der Waals surface area contributed by atoms with Crippen LogP contribution in [0.3, 0.4) is 0 Å². The van der Waals surface area contributed by atoms with Crippen molar-refractivity contribution in [1.82, 2.24) is 0 Å². The minimum atomic E-state index is -0.354. The highest BCUT2D eigenvalue weighted by atomic mass is 16.7. The molecule has 1 aromatic carbocycles. The first-order valence-corrected chi connectivity index (χ1v) is 7.60. The van der Waals surface area contributed by atoms with Crippen LogP contribution in [0.15, 0.2) is 29.4 Å². The molecular formula is C16H22BNO4. The summed E-state index contributed by atoms with van der Waals surface area (Å²) in [6.07, 6.45) is 0.515. The molecule has 3 rings (SSSR count). The maximum atomic E-state index is 9.07. The molecule has 0 spiro atoms. The third kappa shape index (κ3) is 2.66. The Morgan fingerprint density at radius 3 is 2.23 bits per heavy atom. The molecule has 1 unspecified atom stereocenters. The van der Waals surface area contributed by atoms with E-state index in [9.17, 15) is 0 Å². The predicted molar refractivity (Wildman–Crippen MR) is 85.1 cm³/mol. The average Bonchev–Trinajstić information content (AvgIpc) is 3.02. The summed E-state index contributed by atoms with van der Waals surface area (Å²) in [5, 5.41) is 12.9. The topological polar surface area (TPSA) is 60.3 Å². The zero-order valence-electron chi connectivity index (χ0n) is 13.5. The zero-order chi connectivity index (χ0) is 16.0. The van der Waals surface area contributed by atoms with Gasteiger partial charge in [0, 0.05) is 6.42 Å². The lowest BCUT2D eigenvalue weighted by molar-refractivity contribution is 0.00578. The van der Waals surface area contributed by atoms with E-state index in [0.717, 1.165) is 11.0 Å². The Labute approximate surface area is 131 Å². The van der Waals surface area contributed by atoms with E-state index >= 15 is 0 Å². The van der Waals surface area contributed by atoms with Crippen LogP contribution in [-0.4, -0.2) is 35.7 Å². The number of benzene rings is 1. The Kier molecular flexibility index (Phi) is 3.79. The molecule has 0 aromatic heterocycles. The Morgan fingerprint density at radius 2 is 1.73 bits per heavy atom. The number of nitrogens with zero attached hydrogens (tertiary/aromatic N) is 1. The highest BCUT2D eigenvalue weighted by molar-refractivity contribution is 6.62. The summed E-state index contributed by atoms with van der Waals surface area (Å²) in [6, 6.07) is 8.00. The van der Waals surface area contributed by atoms with E-state index < -0.39 is 0 Å². The van der Waals surface area contributed by atoms with Crippen LogP contribution in [-0.2, 0) is 14.1 Å². The second-order valence-corrected chi connectivity index (χ2v) is 6.87. The first-order valence-electron chi connectivity index (χ1n) is 7.60. The number of hydrogen-bond acceptors (Lipinski definition) is 5. The maximum absolute atomic E-state index is 9.07. The van der Waals surface area contributed by atoms with E-state index in [0.29, 0.717) is 12.1 Å². The Hall–Kier alpha value is -1.37. The summed E-state index contributed by atoms with van der Waals surface area (Å²) in [4.78, 5) is 5.34. The first kappa shape index (κ1) is 15.5. The van der Waals surface area contributed by atoms with Crippen molar-refractivity contribution in [3.63, 3.8) is 0 Å². The third-order valence-corrected chi connectivity index (χ3v) is 4.75. The number of aliphatic hydroxyl groups is 1. The van der Waals surface area contributed by atoms with E-state index in [1.165, 1.54) is 0 Å². The van der Waals surface area contributed by atoms with Crippen molar-refractivity contribution in [2.45, 2.75) is 51.4 Å². The Bertz CT molecular complexity index is 566. The second-order valence-electron chi connectivity index (χ2n) is 6.87. The molecule has 2 heterocycles. The molecule has 6 heteroatoms. The summed E-state index contributed by atoms with van der Waals surface area (Å²) in [5.74, 6) is 0. The largest absolute Gasteiger partial charge is 0.494 e. The molecule has 0 radical (unpaired) electrons. The molecule has 0 amide bonds. The minimum Gasteiger partial charge on any atom is -0.399 e. The molecule has 1 N–H and O–H groups in total. The molecular weight excluding hydrogens is 281 g/mol. The van der Waals surface area contributed by atoms with Gasteiger partial charge >= 0.3 is 7.12 Å². The fourth-order valence-electron chi connectivity index (χ4n) is 2.55. The van der Waals surface area contributed by atoms with Crippen LogP contribution in [0.1, 0.15) is 45.8 Å². The Morgan fingerprint density at radius 1 is 1.14 bits per heavy atom. The molecule has 5 nitrogen and oxygen atoms in total. The van der Waals surface area contributed by atoms with Crippen molar-refractivity contribution in [1.29, 1.82) is 0 Å². The molecule has 2 aliphatic rings.